The number of aromatic hydroxyl groups is 1. The zero-order valence-electron chi connectivity index (χ0n) is 15.1. The van der Waals surface area contributed by atoms with Crippen LogP contribution in [0.5, 0.6) is 5.75 Å². The summed E-state index contributed by atoms with van der Waals surface area (Å²) in [6.07, 6.45) is 3.97. The molecular weight excluding hydrogens is 346 g/mol. The van der Waals surface area contributed by atoms with Gasteiger partial charge >= 0.3 is 0 Å². The van der Waals surface area contributed by atoms with E-state index in [0.29, 0.717) is 31.1 Å². The predicted octanol–water partition coefficient (Wildman–Crippen LogP) is 1.46. The molecule has 2 aliphatic rings. The van der Waals surface area contributed by atoms with E-state index in [1.54, 1.807) is 30.5 Å². The molecule has 9 nitrogen and oxygen atoms in total. The van der Waals surface area contributed by atoms with Gasteiger partial charge in [0.1, 0.15) is 5.75 Å². The molecule has 4 rings (SSSR count). The molecule has 0 unspecified atom stereocenters. The van der Waals surface area contributed by atoms with Gasteiger partial charge in [-0.2, -0.15) is 20.1 Å². The number of phenolic OH excluding ortho intramolecular Hbond substituents is 1. The fourth-order valence-corrected chi connectivity index (χ4v) is 3.09. The van der Waals surface area contributed by atoms with E-state index in [2.05, 4.69) is 35.3 Å². The SMILES string of the molecule is Oc1ccc(C=NNc2nc(N3CCCC3)nc(N3CCOCC3)n2)cc1. The van der Waals surface area contributed by atoms with Crippen LogP contribution in [0, 0.1) is 0 Å². The van der Waals surface area contributed by atoms with Gasteiger partial charge in [0, 0.05) is 26.2 Å². The average molecular weight is 369 g/mol. The van der Waals surface area contributed by atoms with Gasteiger partial charge in [-0.1, -0.05) is 0 Å². The largest absolute Gasteiger partial charge is 0.508 e. The first-order valence-corrected chi connectivity index (χ1v) is 9.20. The van der Waals surface area contributed by atoms with Crippen LogP contribution in [-0.4, -0.2) is 65.7 Å². The van der Waals surface area contributed by atoms with Crippen molar-refractivity contribution in [3.8, 4) is 5.75 Å². The lowest BCUT2D eigenvalue weighted by atomic mass is 10.2. The molecule has 2 fully saturated rings. The van der Waals surface area contributed by atoms with Gasteiger partial charge in [-0.05, 0) is 42.7 Å². The van der Waals surface area contributed by atoms with Crippen molar-refractivity contribution in [3.05, 3.63) is 29.8 Å². The number of aromatic nitrogens is 3. The maximum atomic E-state index is 9.34. The third kappa shape index (κ3) is 4.43. The van der Waals surface area contributed by atoms with Gasteiger partial charge in [0.25, 0.3) is 0 Å². The molecule has 0 bridgehead atoms. The van der Waals surface area contributed by atoms with Crippen LogP contribution in [0.25, 0.3) is 0 Å². The summed E-state index contributed by atoms with van der Waals surface area (Å²) >= 11 is 0. The first-order valence-electron chi connectivity index (χ1n) is 9.20. The molecule has 0 radical (unpaired) electrons. The molecular formula is C18H23N7O2. The monoisotopic (exact) mass is 369 g/mol. The Hall–Kier alpha value is -2.94. The molecule has 0 spiro atoms. The van der Waals surface area contributed by atoms with Gasteiger partial charge in [0.15, 0.2) is 0 Å². The molecule has 0 aliphatic carbocycles. The van der Waals surface area contributed by atoms with Crippen LogP contribution in [0.1, 0.15) is 18.4 Å². The van der Waals surface area contributed by atoms with Crippen LogP contribution < -0.4 is 15.2 Å². The van der Waals surface area contributed by atoms with Crippen molar-refractivity contribution in [1.29, 1.82) is 0 Å². The van der Waals surface area contributed by atoms with Crippen LogP contribution in [-0.2, 0) is 4.74 Å². The van der Waals surface area contributed by atoms with Crippen molar-refractivity contribution in [2.24, 2.45) is 5.10 Å². The van der Waals surface area contributed by atoms with Gasteiger partial charge in [0.05, 0.1) is 19.4 Å². The average Bonchev–Trinajstić information content (AvgIpc) is 3.25. The fourth-order valence-electron chi connectivity index (χ4n) is 3.09. The van der Waals surface area contributed by atoms with Gasteiger partial charge in [-0.3, -0.25) is 0 Å². The van der Waals surface area contributed by atoms with Crippen molar-refractivity contribution in [3.63, 3.8) is 0 Å². The number of ether oxygens (including phenoxy) is 1. The van der Waals surface area contributed by atoms with Crippen LogP contribution in [0.4, 0.5) is 17.8 Å². The zero-order chi connectivity index (χ0) is 18.5. The number of nitrogens with zero attached hydrogens (tertiary/aromatic N) is 6. The summed E-state index contributed by atoms with van der Waals surface area (Å²) in [6.45, 7) is 4.80. The van der Waals surface area contributed by atoms with E-state index in [1.807, 2.05) is 0 Å². The summed E-state index contributed by atoms with van der Waals surface area (Å²) in [5.74, 6) is 1.98. The topological polar surface area (TPSA) is 99.0 Å². The van der Waals surface area contributed by atoms with E-state index in [4.69, 9.17) is 4.74 Å². The Kier molecular flexibility index (Phi) is 5.29. The van der Waals surface area contributed by atoms with Gasteiger partial charge in [0.2, 0.25) is 17.8 Å². The molecule has 2 aliphatic heterocycles. The van der Waals surface area contributed by atoms with Gasteiger partial charge in [-0.25, -0.2) is 5.43 Å². The summed E-state index contributed by atoms with van der Waals surface area (Å²) in [5.41, 5.74) is 3.77. The maximum absolute atomic E-state index is 9.34. The van der Waals surface area contributed by atoms with Crippen LogP contribution >= 0.6 is 0 Å². The van der Waals surface area contributed by atoms with Crippen molar-refractivity contribution < 1.29 is 9.84 Å². The van der Waals surface area contributed by atoms with Gasteiger partial charge in [-0.15, -0.1) is 0 Å². The number of morpholine rings is 1. The summed E-state index contributed by atoms with van der Waals surface area (Å²) < 4.78 is 5.42. The Morgan fingerprint density at radius 1 is 0.926 bits per heavy atom. The Balaban J connectivity index is 1.54. The highest BCUT2D eigenvalue weighted by Crippen LogP contribution is 2.21. The molecule has 3 heterocycles. The fraction of sp³-hybridized carbons (Fsp3) is 0.444. The second-order valence-corrected chi connectivity index (χ2v) is 6.51. The molecule has 27 heavy (non-hydrogen) atoms. The van der Waals surface area contributed by atoms with Crippen molar-refractivity contribution in [1.82, 2.24) is 15.0 Å². The van der Waals surface area contributed by atoms with E-state index in [0.717, 1.165) is 44.6 Å². The van der Waals surface area contributed by atoms with Gasteiger partial charge < -0.3 is 19.6 Å². The molecule has 2 saturated heterocycles. The highest BCUT2D eigenvalue weighted by atomic mass is 16.5. The standard InChI is InChI=1S/C18H23N7O2/c26-15-5-3-14(4-6-15)13-19-23-16-20-17(24-7-1-2-8-24)22-18(21-16)25-9-11-27-12-10-25/h3-6,13,26H,1-2,7-12H2,(H,20,21,22,23). The molecule has 1 aromatic carbocycles. The highest BCUT2D eigenvalue weighted by molar-refractivity contribution is 5.80. The number of hydrogen-bond donors (Lipinski definition) is 2. The first kappa shape index (κ1) is 17.5. The van der Waals surface area contributed by atoms with Crippen LogP contribution in [0.15, 0.2) is 29.4 Å². The summed E-state index contributed by atoms with van der Waals surface area (Å²) in [6, 6.07) is 6.80. The summed E-state index contributed by atoms with van der Waals surface area (Å²) in [7, 11) is 0. The molecule has 0 amide bonds. The smallest absolute Gasteiger partial charge is 0.250 e. The number of benzene rings is 1. The number of phenols is 1. The summed E-state index contributed by atoms with van der Waals surface area (Å²) in [5, 5.41) is 13.6. The normalized spacial score (nSPS) is 17.6. The maximum Gasteiger partial charge on any atom is 0.250 e. The van der Waals surface area contributed by atoms with E-state index in [-0.39, 0.29) is 5.75 Å². The van der Waals surface area contributed by atoms with E-state index < -0.39 is 0 Å². The third-order valence-electron chi connectivity index (χ3n) is 4.57. The molecule has 0 atom stereocenters. The number of hydrazone groups is 1. The van der Waals surface area contributed by atoms with E-state index in [1.165, 1.54) is 0 Å². The minimum Gasteiger partial charge on any atom is -0.508 e. The van der Waals surface area contributed by atoms with Crippen molar-refractivity contribution in [2.45, 2.75) is 12.8 Å². The molecule has 2 N–H and O–H groups in total. The van der Waals surface area contributed by atoms with E-state index in [9.17, 15) is 5.11 Å². The van der Waals surface area contributed by atoms with E-state index >= 15 is 0 Å². The Labute approximate surface area is 157 Å². The Morgan fingerprint density at radius 3 is 2.22 bits per heavy atom. The number of hydrogen-bond acceptors (Lipinski definition) is 9. The molecule has 1 aromatic heterocycles. The number of nitrogens with one attached hydrogen (secondary N) is 1. The zero-order valence-corrected chi connectivity index (χ0v) is 15.1. The third-order valence-corrected chi connectivity index (χ3v) is 4.57. The minimum absolute atomic E-state index is 0.225. The number of rotatable bonds is 5. The molecule has 142 valence electrons. The summed E-state index contributed by atoms with van der Waals surface area (Å²) in [4.78, 5) is 18.0. The van der Waals surface area contributed by atoms with Crippen LogP contribution in [0.3, 0.4) is 0 Å². The van der Waals surface area contributed by atoms with Crippen LogP contribution in [0.2, 0.25) is 0 Å². The van der Waals surface area contributed by atoms with Crippen molar-refractivity contribution >= 4 is 24.1 Å². The molecule has 0 saturated carbocycles. The highest BCUT2D eigenvalue weighted by Gasteiger charge is 2.21. The lowest BCUT2D eigenvalue weighted by molar-refractivity contribution is 0.122. The number of anilines is 3. The second kappa shape index (κ2) is 8.17. The second-order valence-electron chi connectivity index (χ2n) is 6.51. The first-order chi connectivity index (χ1) is 13.3. The van der Waals surface area contributed by atoms with Crippen molar-refractivity contribution in [2.75, 3.05) is 54.6 Å². The minimum atomic E-state index is 0.225. The Morgan fingerprint density at radius 2 is 1.56 bits per heavy atom. The predicted molar refractivity (Wildman–Crippen MR) is 104 cm³/mol. The molecule has 9 heteroatoms. The quantitative estimate of drug-likeness (QED) is 0.604. The lowest BCUT2D eigenvalue weighted by Gasteiger charge is -2.27. The Bertz CT molecular complexity index is 785. The molecule has 2 aromatic rings. The lowest BCUT2D eigenvalue weighted by Crippen LogP contribution is -2.38.